The van der Waals surface area contributed by atoms with Gasteiger partial charge in [-0.1, -0.05) is 12.1 Å². The van der Waals surface area contributed by atoms with Crippen LogP contribution in [0.4, 0.5) is 0 Å². The van der Waals surface area contributed by atoms with E-state index in [0.29, 0.717) is 6.10 Å². The lowest BCUT2D eigenvalue weighted by atomic mass is 10.1. The fourth-order valence-electron chi connectivity index (χ4n) is 1.25. The minimum atomic E-state index is 0. The summed E-state index contributed by atoms with van der Waals surface area (Å²) in [4.78, 5) is 0. The van der Waals surface area contributed by atoms with Gasteiger partial charge in [0.25, 0.3) is 0 Å². The van der Waals surface area contributed by atoms with Crippen LogP contribution in [0.2, 0.25) is 0 Å². The van der Waals surface area contributed by atoms with Crippen molar-refractivity contribution in [3.8, 4) is 5.75 Å². The van der Waals surface area contributed by atoms with Crippen molar-refractivity contribution in [3.63, 3.8) is 0 Å². The highest BCUT2D eigenvalue weighted by Gasteiger charge is 2.23. The van der Waals surface area contributed by atoms with Gasteiger partial charge in [0.2, 0.25) is 0 Å². The van der Waals surface area contributed by atoms with Crippen molar-refractivity contribution < 1.29 is 4.74 Å². The first-order valence-corrected chi connectivity index (χ1v) is 4.78. The van der Waals surface area contributed by atoms with Gasteiger partial charge in [0, 0.05) is 6.04 Å². The van der Waals surface area contributed by atoms with Crippen LogP contribution in [-0.4, -0.2) is 6.10 Å². The lowest BCUT2D eigenvalue weighted by Crippen LogP contribution is -2.05. The molecule has 0 amide bonds. The molecule has 0 unspecified atom stereocenters. The van der Waals surface area contributed by atoms with E-state index < -0.39 is 0 Å². The first-order chi connectivity index (χ1) is 6.25. The Hall–Kier alpha value is -0.730. The molecule has 0 heterocycles. The molecule has 1 aromatic rings. The van der Waals surface area contributed by atoms with Gasteiger partial charge in [-0.3, -0.25) is 0 Å². The zero-order valence-electron chi connectivity index (χ0n) is 8.27. The van der Waals surface area contributed by atoms with Crippen LogP contribution in [0.5, 0.6) is 5.75 Å². The van der Waals surface area contributed by atoms with Gasteiger partial charge in [-0.2, -0.15) is 0 Å². The molecule has 0 aliphatic heterocycles. The maximum atomic E-state index is 5.77. The Morgan fingerprint density at radius 3 is 2.71 bits per heavy atom. The van der Waals surface area contributed by atoms with Crippen LogP contribution < -0.4 is 10.5 Å². The summed E-state index contributed by atoms with van der Waals surface area (Å²) in [6, 6.07) is 8.14. The predicted molar refractivity (Wildman–Crippen MR) is 59.9 cm³/mol. The highest BCUT2D eigenvalue weighted by molar-refractivity contribution is 5.85. The lowest BCUT2D eigenvalue weighted by molar-refractivity contribution is 0.303. The second-order valence-corrected chi connectivity index (χ2v) is 3.68. The Kier molecular flexibility index (Phi) is 3.78. The number of hydrogen-bond acceptors (Lipinski definition) is 2. The standard InChI is InChI=1S/C11H15NO.ClH/c1-8(12)9-3-2-4-11(7-9)13-10-5-6-10;/h2-4,7-8,10H,5-6,12H2,1H3;1H/t8-;/m1./s1. The molecule has 14 heavy (non-hydrogen) atoms. The summed E-state index contributed by atoms with van der Waals surface area (Å²) in [6.07, 6.45) is 2.86. The minimum absolute atomic E-state index is 0. The predicted octanol–water partition coefficient (Wildman–Crippen LogP) is 2.67. The summed E-state index contributed by atoms with van der Waals surface area (Å²) < 4.78 is 5.66. The third-order valence-electron chi connectivity index (χ3n) is 2.21. The monoisotopic (exact) mass is 213 g/mol. The van der Waals surface area contributed by atoms with Crippen molar-refractivity contribution in [3.05, 3.63) is 29.8 Å². The lowest BCUT2D eigenvalue weighted by Gasteiger charge is -2.08. The molecule has 2 N–H and O–H groups in total. The van der Waals surface area contributed by atoms with Gasteiger partial charge in [0.1, 0.15) is 5.75 Å². The topological polar surface area (TPSA) is 35.2 Å². The van der Waals surface area contributed by atoms with E-state index in [2.05, 4.69) is 0 Å². The molecule has 2 rings (SSSR count). The van der Waals surface area contributed by atoms with Crippen molar-refractivity contribution in [1.29, 1.82) is 0 Å². The van der Waals surface area contributed by atoms with Crippen LogP contribution >= 0.6 is 12.4 Å². The average molecular weight is 214 g/mol. The van der Waals surface area contributed by atoms with Crippen molar-refractivity contribution in [2.24, 2.45) is 5.73 Å². The van der Waals surface area contributed by atoms with Crippen molar-refractivity contribution in [2.45, 2.75) is 31.9 Å². The van der Waals surface area contributed by atoms with Gasteiger partial charge in [0.05, 0.1) is 6.10 Å². The summed E-state index contributed by atoms with van der Waals surface area (Å²) in [7, 11) is 0. The van der Waals surface area contributed by atoms with E-state index in [0.717, 1.165) is 11.3 Å². The van der Waals surface area contributed by atoms with Crippen molar-refractivity contribution in [2.75, 3.05) is 0 Å². The van der Waals surface area contributed by atoms with Crippen molar-refractivity contribution in [1.82, 2.24) is 0 Å². The number of nitrogens with two attached hydrogens (primary N) is 1. The number of benzene rings is 1. The smallest absolute Gasteiger partial charge is 0.120 e. The van der Waals surface area contributed by atoms with Gasteiger partial charge in [0.15, 0.2) is 0 Å². The average Bonchev–Trinajstić information content (AvgIpc) is 2.89. The van der Waals surface area contributed by atoms with Crippen LogP contribution in [-0.2, 0) is 0 Å². The largest absolute Gasteiger partial charge is 0.490 e. The molecule has 0 spiro atoms. The van der Waals surface area contributed by atoms with Crippen LogP contribution in [0.1, 0.15) is 31.4 Å². The molecule has 1 aliphatic carbocycles. The first kappa shape index (κ1) is 11.3. The quantitative estimate of drug-likeness (QED) is 0.838. The summed E-state index contributed by atoms with van der Waals surface area (Å²) in [5.74, 6) is 0.956. The fourth-order valence-corrected chi connectivity index (χ4v) is 1.25. The Labute approximate surface area is 90.9 Å². The molecule has 1 saturated carbocycles. The molecule has 78 valence electrons. The van der Waals surface area contributed by atoms with Gasteiger partial charge < -0.3 is 10.5 Å². The van der Waals surface area contributed by atoms with E-state index in [1.807, 2.05) is 31.2 Å². The third kappa shape index (κ3) is 2.89. The van der Waals surface area contributed by atoms with Gasteiger partial charge in [-0.25, -0.2) is 0 Å². The Balaban J connectivity index is 0.000000980. The molecule has 3 heteroatoms. The summed E-state index contributed by atoms with van der Waals surface area (Å²) in [6.45, 7) is 1.98. The number of ether oxygens (including phenoxy) is 1. The molecular formula is C11H16ClNO. The summed E-state index contributed by atoms with van der Waals surface area (Å²) >= 11 is 0. The van der Waals surface area contributed by atoms with Crippen LogP contribution in [0.25, 0.3) is 0 Å². The van der Waals surface area contributed by atoms with E-state index >= 15 is 0 Å². The third-order valence-corrected chi connectivity index (χ3v) is 2.21. The minimum Gasteiger partial charge on any atom is -0.490 e. The van der Waals surface area contributed by atoms with Gasteiger partial charge >= 0.3 is 0 Å². The molecule has 1 atom stereocenters. The normalized spacial score (nSPS) is 17.0. The van der Waals surface area contributed by atoms with Crippen LogP contribution in [0, 0.1) is 0 Å². The Morgan fingerprint density at radius 2 is 2.14 bits per heavy atom. The number of rotatable bonds is 3. The zero-order chi connectivity index (χ0) is 9.26. The van der Waals surface area contributed by atoms with E-state index in [1.165, 1.54) is 12.8 Å². The van der Waals surface area contributed by atoms with E-state index in [4.69, 9.17) is 10.5 Å². The fraction of sp³-hybridized carbons (Fsp3) is 0.455. The van der Waals surface area contributed by atoms with E-state index in [-0.39, 0.29) is 18.4 Å². The van der Waals surface area contributed by atoms with Crippen LogP contribution in [0.15, 0.2) is 24.3 Å². The maximum Gasteiger partial charge on any atom is 0.120 e. The Bertz CT molecular complexity index is 297. The van der Waals surface area contributed by atoms with Gasteiger partial charge in [-0.05, 0) is 37.5 Å². The second-order valence-electron chi connectivity index (χ2n) is 3.68. The van der Waals surface area contributed by atoms with Crippen LogP contribution in [0.3, 0.4) is 0 Å². The Morgan fingerprint density at radius 1 is 1.43 bits per heavy atom. The SMILES string of the molecule is C[C@@H](N)c1cccc(OC2CC2)c1.Cl. The molecular weight excluding hydrogens is 198 g/mol. The summed E-state index contributed by atoms with van der Waals surface area (Å²) in [5, 5.41) is 0. The first-order valence-electron chi connectivity index (χ1n) is 4.78. The highest BCUT2D eigenvalue weighted by Crippen LogP contribution is 2.27. The van der Waals surface area contributed by atoms with E-state index in [1.54, 1.807) is 0 Å². The summed E-state index contributed by atoms with van der Waals surface area (Å²) in [5.41, 5.74) is 6.91. The highest BCUT2D eigenvalue weighted by atomic mass is 35.5. The second kappa shape index (κ2) is 4.67. The van der Waals surface area contributed by atoms with E-state index in [9.17, 15) is 0 Å². The molecule has 2 nitrogen and oxygen atoms in total. The molecule has 0 saturated heterocycles. The molecule has 0 bridgehead atoms. The molecule has 0 aromatic heterocycles. The van der Waals surface area contributed by atoms with Gasteiger partial charge in [-0.15, -0.1) is 12.4 Å². The van der Waals surface area contributed by atoms with Crippen molar-refractivity contribution >= 4 is 12.4 Å². The molecule has 1 aliphatic rings. The molecule has 1 fully saturated rings. The zero-order valence-corrected chi connectivity index (χ0v) is 9.09. The number of hydrogen-bond donors (Lipinski definition) is 1. The molecule has 0 radical (unpaired) electrons. The maximum absolute atomic E-state index is 5.77. The molecule has 1 aromatic carbocycles. The number of halogens is 1.